The van der Waals surface area contributed by atoms with E-state index in [1.807, 2.05) is 0 Å². The molecule has 0 aromatic heterocycles. The predicted molar refractivity (Wildman–Crippen MR) is 52.3 cm³/mol. The van der Waals surface area contributed by atoms with E-state index in [1.54, 1.807) is 0 Å². The van der Waals surface area contributed by atoms with Gasteiger partial charge in [0, 0.05) is 13.2 Å². The Balaban J connectivity index is 0.00000112. The van der Waals surface area contributed by atoms with E-state index in [4.69, 9.17) is 18.9 Å². The predicted octanol–water partition coefficient (Wildman–Crippen LogP) is -2.58. The third-order valence-electron chi connectivity index (χ3n) is 2.24. The van der Waals surface area contributed by atoms with Crippen LogP contribution in [0.2, 0.25) is 0 Å². The van der Waals surface area contributed by atoms with Gasteiger partial charge in [0.25, 0.3) is 0 Å². The average molecular weight is 242 g/mol. The van der Waals surface area contributed by atoms with Gasteiger partial charge in [0.1, 0.15) is 12.2 Å². The molecule has 2 fully saturated rings. The summed E-state index contributed by atoms with van der Waals surface area (Å²) in [7, 11) is 0. The minimum atomic E-state index is 0. The smallest absolute Gasteiger partial charge is 0.870 e. The summed E-state index contributed by atoms with van der Waals surface area (Å²) in [5.74, 6) is 0. The fourth-order valence-electron chi connectivity index (χ4n) is 1.17. The molecule has 0 amide bonds. The van der Waals surface area contributed by atoms with E-state index in [2.05, 4.69) is 0 Å². The maximum atomic E-state index is 5.39. The van der Waals surface area contributed by atoms with Gasteiger partial charge in [0.15, 0.2) is 0 Å². The van der Waals surface area contributed by atoms with Crippen molar-refractivity contribution in [1.29, 1.82) is 0 Å². The summed E-state index contributed by atoms with van der Waals surface area (Å²) in [6.07, 6.45) is 2.91. The van der Waals surface area contributed by atoms with Gasteiger partial charge in [0.05, 0.1) is 26.4 Å². The van der Waals surface area contributed by atoms with E-state index in [1.165, 1.54) is 0 Å². The van der Waals surface area contributed by atoms with Gasteiger partial charge in [-0.1, -0.05) is 0 Å². The van der Waals surface area contributed by atoms with Gasteiger partial charge in [-0.25, -0.2) is 0 Å². The molecular weight excluding hydrogens is 223 g/mol. The minimum absolute atomic E-state index is 0. The van der Waals surface area contributed by atoms with Crippen LogP contribution in [0.15, 0.2) is 0 Å². The molecule has 0 radical (unpaired) electrons. The van der Waals surface area contributed by atoms with Crippen molar-refractivity contribution in [2.75, 3.05) is 39.6 Å². The van der Waals surface area contributed by atoms with Gasteiger partial charge >= 0.3 is 29.6 Å². The monoisotopic (exact) mass is 242 g/mol. The minimum Gasteiger partial charge on any atom is -0.870 e. The SMILES string of the molecule is C(CCOCC1CO1)COCC1CO1.[Na+].[OH-]. The fraction of sp³-hybridized carbons (Fsp3) is 1.00. The van der Waals surface area contributed by atoms with Crippen LogP contribution < -0.4 is 29.6 Å². The van der Waals surface area contributed by atoms with Crippen molar-refractivity contribution in [3.05, 3.63) is 0 Å². The van der Waals surface area contributed by atoms with Crippen LogP contribution in [0.3, 0.4) is 0 Å². The van der Waals surface area contributed by atoms with Crippen LogP contribution in [0.25, 0.3) is 0 Å². The molecule has 2 aliphatic rings. The Morgan fingerprint density at radius 3 is 1.56 bits per heavy atom. The van der Waals surface area contributed by atoms with Crippen LogP contribution in [0, 0.1) is 0 Å². The van der Waals surface area contributed by atoms with Crippen LogP contribution in [0.4, 0.5) is 0 Å². The first kappa shape index (κ1) is 16.8. The Hall–Kier alpha value is 0.800. The van der Waals surface area contributed by atoms with Crippen LogP contribution in [0.5, 0.6) is 0 Å². The van der Waals surface area contributed by atoms with Gasteiger partial charge in [0.2, 0.25) is 0 Å². The van der Waals surface area contributed by atoms with Crippen molar-refractivity contribution < 1.29 is 54.0 Å². The molecule has 0 spiro atoms. The average Bonchev–Trinajstić information content (AvgIpc) is 3.00. The molecule has 0 aromatic carbocycles. The van der Waals surface area contributed by atoms with E-state index in [-0.39, 0.29) is 35.0 Å². The summed E-state index contributed by atoms with van der Waals surface area (Å²) in [5.41, 5.74) is 0. The molecule has 2 rings (SSSR count). The maximum Gasteiger partial charge on any atom is 1.00 e. The summed E-state index contributed by atoms with van der Waals surface area (Å²) in [4.78, 5) is 0. The number of unbranched alkanes of at least 4 members (excludes halogenated alkanes) is 1. The van der Waals surface area contributed by atoms with E-state index < -0.39 is 0 Å². The zero-order chi connectivity index (χ0) is 9.64. The normalized spacial score (nSPS) is 25.5. The molecule has 0 aromatic rings. The van der Waals surface area contributed by atoms with E-state index >= 15 is 0 Å². The van der Waals surface area contributed by atoms with Crippen LogP contribution in [-0.2, 0) is 18.9 Å². The van der Waals surface area contributed by atoms with Crippen molar-refractivity contribution in [3.63, 3.8) is 0 Å². The molecule has 2 unspecified atom stereocenters. The van der Waals surface area contributed by atoms with Gasteiger partial charge in [-0.2, -0.15) is 0 Å². The molecule has 90 valence electrons. The van der Waals surface area contributed by atoms with Crippen molar-refractivity contribution in [2.24, 2.45) is 0 Å². The summed E-state index contributed by atoms with van der Waals surface area (Å²) in [6.45, 7) is 4.93. The largest absolute Gasteiger partial charge is 1.00 e. The molecule has 0 saturated carbocycles. The number of rotatable bonds is 9. The summed E-state index contributed by atoms with van der Waals surface area (Å²) in [6, 6.07) is 0. The summed E-state index contributed by atoms with van der Waals surface area (Å²) in [5, 5.41) is 0. The number of hydrogen-bond acceptors (Lipinski definition) is 5. The van der Waals surface area contributed by atoms with Gasteiger partial charge in [-0.3, -0.25) is 0 Å². The second-order valence-corrected chi connectivity index (χ2v) is 3.77. The molecule has 0 bridgehead atoms. The number of hydrogen-bond donors (Lipinski definition) is 0. The van der Waals surface area contributed by atoms with Crippen molar-refractivity contribution in [2.45, 2.75) is 25.0 Å². The van der Waals surface area contributed by atoms with E-state index in [0.717, 1.165) is 52.5 Å². The number of ether oxygens (including phenoxy) is 4. The summed E-state index contributed by atoms with van der Waals surface area (Å²) < 4.78 is 20.8. The standard InChI is InChI=1S/C10H18O4.Na.H2O/c1(3-11-5-9-7-13-9)2-4-12-6-10-8-14-10;;/h9-10H,1-8H2;;1H2/q;+1;/p-1. The van der Waals surface area contributed by atoms with Gasteiger partial charge in [-0.15, -0.1) is 0 Å². The second kappa shape index (κ2) is 9.79. The number of epoxide rings is 2. The first-order chi connectivity index (χ1) is 6.95. The Morgan fingerprint density at radius 1 is 0.875 bits per heavy atom. The molecule has 2 atom stereocenters. The van der Waals surface area contributed by atoms with E-state index in [0.29, 0.717) is 12.2 Å². The molecular formula is C10H19NaO5. The maximum absolute atomic E-state index is 5.39. The molecule has 6 heteroatoms. The fourth-order valence-corrected chi connectivity index (χ4v) is 1.17. The molecule has 2 aliphatic heterocycles. The first-order valence-corrected chi connectivity index (χ1v) is 5.34. The second-order valence-electron chi connectivity index (χ2n) is 3.77. The quantitative estimate of drug-likeness (QED) is 0.252. The van der Waals surface area contributed by atoms with Crippen molar-refractivity contribution in [3.8, 4) is 0 Å². The van der Waals surface area contributed by atoms with Crippen molar-refractivity contribution in [1.82, 2.24) is 0 Å². The van der Waals surface area contributed by atoms with E-state index in [9.17, 15) is 0 Å². The Morgan fingerprint density at radius 2 is 1.25 bits per heavy atom. The zero-order valence-electron chi connectivity index (χ0n) is 9.89. The van der Waals surface area contributed by atoms with Gasteiger partial charge < -0.3 is 24.4 Å². The molecule has 2 saturated heterocycles. The Kier molecular flexibility index (Phi) is 10.3. The van der Waals surface area contributed by atoms with Crippen molar-refractivity contribution >= 4 is 0 Å². The third kappa shape index (κ3) is 8.90. The molecule has 16 heavy (non-hydrogen) atoms. The topological polar surface area (TPSA) is 73.5 Å². The first-order valence-electron chi connectivity index (χ1n) is 5.34. The van der Waals surface area contributed by atoms with Gasteiger partial charge in [-0.05, 0) is 12.8 Å². The summed E-state index contributed by atoms with van der Waals surface area (Å²) >= 11 is 0. The van der Waals surface area contributed by atoms with Crippen LogP contribution in [0.1, 0.15) is 12.8 Å². The van der Waals surface area contributed by atoms with Crippen LogP contribution >= 0.6 is 0 Å². The Bertz CT molecular complexity index is 143. The molecule has 1 N–H and O–H groups in total. The third-order valence-corrected chi connectivity index (χ3v) is 2.24. The Labute approximate surface area is 118 Å². The molecule has 0 aliphatic carbocycles. The molecule has 5 nitrogen and oxygen atoms in total. The van der Waals surface area contributed by atoms with Crippen LogP contribution in [-0.4, -0.2) is 57.3 Å². The molecule has 2 heterocycles. The zero-order valence-corrected chi connectivity index (χ0v) is 11.9.